The van der Waals surface area contributed by atoms with E-state index in [2.05, 4.69) is 0 Å². The summed E-state index contributed by atoms with van der Waals surface area (Å²) in [6.07, 6.45) is 0. The molecule has 0 spiro atoms. The van der Waals surface area contributed by atoms with Crippen molar-refractivity contribution in [1.29, 1.82) is 0 Å². The number of aliphatic carboxylic acids is 1. The van der Waals surface area contributed by atoms with E-state index < -0.39 is 12.0 Å². The number of nitrogens with zero attached hydrogens (tertiary/aromatic N) is 2. The molecule has 17 heavy (non-hydrogen) atoms. The molecule has 0 saturated carbocycles. The average Bonchev–Trinajstić information content (AvgIpc) is 2.61. The topological polar surface area (TPSA) is 60.9 Å². The molecule has 0 aromatic rings. The number of hydrogen-bond acceptors (Lipinski definition) is 3. The smallest absolute Gasteiger partial charge is 0.327 e. The molecule has 0 aromatic heterocycles. The van der Waals surface area contributed by atoms with Crippen LogP contribution in [0.1, 0.15) is 20.8 Å². The van der Waals surface area contributed by atoms with E-state index in [0.29, 0.717) is 18.2 Å². The molecule has 1 unspecified atom stereocenters. The molecule has 5 nitrogen and oxygen atoms in total. The van der Waals surface area contributed by atoms with Crippen molar-refractivity contribution in [1.82, 2.24) is 9.80 Å². The van der Waals surface area contributed by atoms with E-state index in [1.165, 1.54) is 16.7 Å². The maximum atomic E-state index is 12.1. The Kier molecular flexibility index (Phi) is 4.30. The second-order valence-corrected chi connectivity index (χ2v) is 6.52. The Balaban J connectivity index is 2.66. The van der Waals surface area contributed by atoms with Gasteiger partial charge in [0.1, 0.15) is 6.04 Å². The van der Waals surface area contributed by atoms with E-state index in [0.717, 1.165) is 0 Å². The van der Waals surface area contributed by atoms with Crippen molar-refractivity contribution in [2.75, 3.05) is 25.2 Å². The second kappa shape index (κ2) is 5.16. The molecular formula is C11H20N2O3S. The normalized spacial score (nSPS) is 20.5. The number of thioether (sulfide) groups is 1. The summed E-state index contributed by atoms with van der Waals surface area (Å²) in [6.45, 7) is 6.75. The van der Waals surface area contributed by atoms with E-state index in [1.807, 2.05) is 20.8 Å². The molecule has 1 aliphatic rings. The van der Waals surface area contributed by atoms with Gasteiger partial charge in [-0.05, 0) is 5.41 Å². The van der Waals surface area contributed by atoms with Crippen LogP contribution >= 0.6 is 11.8 Å². The van der Waals surface area contributed by atoms with Gasteiger partial charge in [0.2, 0.25) is 0 Å². The zero-order chi connectivity index (χ0) is 13.2. The van der Waals surface area contributed by atoms with Crippen molar-refractivity contribution in [3.8, 4) is 0 Å². The monoisotopic (exact) mass is 260 g/mol. The molecule has 1 saturated heterocycles. The molecule has 1 aliphatic heterocycles. The SMILES string of the molecule is CN(CC(C)(C)C)C(=O)N1CSCC1C(=O)O. The van der Waals surface area contributed by atoms with Gasteiger partial charge in [-0.25, -0.2) is 9.59 Å². The highest BCUT2D eigenvalue weighted by atomic mass is 32.2. The predicted octanol–water partition coefficient (Wildman–Crippen LogP) is 1.54. The first-order valence-corrected chi connectivity index (χ1v) is 6.70. The summed E-state index contributed by atoms with van der Waals surface area (Å²) in [5, 5.41) is 9.02. The van der Waals surface area contributed by atoms with Crippen LogP contribution in [-0.4, -0.2) is 58.2 Å². The fraction of sp³-hybridized carbons (Fsp3) is 0.818. The fourth-order valence-electron chi connectivity index (χ4n) is 1.83. The van der Waals surface area contributed by atoms with Gasteiger partial charge in [-0.3, -0.25) is 0 Å². The van der Waals surface area contributed by atoms with E-state index in [1.54, 1.807) is 11.9 Å². The van der Waals surface area contributed by atoms with Gasteiger partial charge < -0.3 is 14.9 Å². The summed E-state index contributed by atoms with van der Waals surface area (Å²) in [6, 6.07) is -0.882. The van der Waals surface area contributed by atoms with Crippen LogP contribution in [0.3, 0.4) is 0 Å². The molecule has 1 N–H and O–H groups in total. The van der Waals surface area contributed by atoms with Crippen molar-refractivity contribution in [3.63, 3.8) is 0 Å². The maximum absolute atomic E-state index is 12.1. The predicted molar refractivity (Wildman–Crippen MR) is 68.1 cm³/mol. The van der Waals surface area contributed by atoms with Crippen molar-refractivity contribution < 1.29 is 14.7 Å². The summed E-state index contributed by atoms with van der Waals surface area (Å²) < 4.78 is 0. The lowest BCUT2D eigenvalue weighted by atomic mass is 9.96. The van der Waals surface area contributed by atoms with Crippen LogP contribution in [0, 0.1) is 5.41 Å². The third kappa shape index (κ3) is 3.80. The number of carbonyl (C=O) groups is 2. The van der Waals surface area contributed by atoms with E-state index in [-0.39, 0.29) is 11.4 Å². The molecule has 1 rings (SSSR count). The lowest BCUT2D eigenvalue weighted by Gasteiger charge is -2.31. The Morgan fingerprint density at radius 1 is 1.47 bits per heavy atom. The molecule has 1 heterocycles. The van der Waals surface area contributed by atoms with Crippen LogP contribution in [0.2, 0.25) is 0 Å². The number of amides is 2. The Morgan fingerprint density at radius 3 is 2.53 bits per heavy atom. The molecule has 2 amide bonds. The highest BCUT2D eigenvalue weighted by Gasteiger charge is 2.36. The highest BCUT2D eigenvalue weighted by molar-refractivity contribution is 7.99. The Labute approximate surface area is 106 Å². The van der Waals surface area contributed by atoms with Crippen LogP contribution in [0.4, 0.5) is 4.79 Å². The van der Waals surface area contributed by atoms with Crippen LogP contribution in [0.15, 0.2) is 0 Å². The minimum atomic E-state index is -0.924. The van der Waals surface area contributed by atoms with Crippen LogP contribution in [0.5, 0.6) is 0 Å². The van der Waals surface area contributed by atoms with Gasteiger partial charge >= 0.3 is 12.0 Å². The van der Waals surface area contributed by atoms with Gasteiger partial charge in [0.15, 0.2) is 0 Å². The Morgan fingerprint density at radius 2 is 2.06 bits per heavy atom. The fourth-order valence-corrected chi connectivity index (χ4v) is 2.97. The Bertz CT molecular complexity index is 314. The van der Waals surface area contributed by atoms with Crippen LogP contribution in [0.25, 0.3) is 0 Å². The number of carbonyl (C=O) groups excluding carboxylic acids is 1. The van der Waals surface area contributed by atoms with E-state index >= 15 is 0 Å². The van der Waals surface area contributed by atoms with Crippen molar-refractivity contribution >= 4 is 23.8 Å². The Hall–Kier alpha value is -0.910. The molecule has 6 heteroatoms. The number of rotatable bonds is 2. The molecule has 1 atom stereocenters. The molecule has 98 valence electrons. The van der Waals surface area contributed by atoms with Crippen molar-refractivity contribution in [2.45, 2.75) is 26.8 Å². The number of carboxylic acids is 1. The van der Waals surface area contributed by atoms with Gasteiger partial charge in [0, 0.05) is 19.3 Å². The van der Waals surface area contributed by atoms with Gasteiger partial charge in [-0.2, -0.15) is 0 Å². The van der Waals surface area contributed by atoms with Gasteiger partial charge in [0.25, 0.3) is 0 Å². The number of hydrogen-bond donors (Lipinski definition) is 1. The first kappa shape index (κ1) is 14.2. The zero-order valence-electron chi connectivity index (χ0n) is 10.8. The maximum Gasteiger partial charge on any atom is 0.327 e. The van der Waals surface area contributed by atoms with E-state index in [4.69, 9.17) is 5.11 Å². The summed E-state index contributed by atoms with van der Waals surface area (Å²) >= 11 is 1.48. The van der Waals surface area contributed by atoms with Crippen molar-refractivity contribution in [3.05, 3.63) is 0 Å². The third-order valence-electron chi connectivity index (χ3n) is 2.45. The number of urea groups is 1. The molecule has 0 radical (unpaired) electrons. The minimum Gasteiger partial charge on any atom is -0.480 e. The van der Waals surface area contributed by atoms with Crippen molar-refractivity contribution in [2.24, 2.45) is 5.41 Å². The van der Waals surface area contributed by atoms with E-state index in [9.17, 15) is 9.59 Å². The minimum absolute atomic E-state index is 0.00992. The number of carboxylic acid groups (broad SMARTS) is 1. The summed E-state index contributed by atoms with van der Waals surface area (Å²) in [7, 11) is 1.72. The summed E-state index contributed by atoms with van der Waals surface area (Å²) in [5.41, 5.74) is 0.00992. The summed E-state index contributed by atoms with van der Waals surface area (Å²) in [4.78, 5) is 26.1. The van der Waals surface area contributed by atoms with Gasteiger partial charge in [-0.15, -0.1) is 11.8 Å². The molecule has 0 bridgehead atoms. The second-order valence-electron chi connectivity index (χ2n) is 5.52. The molecule has 0 aliphatic carbocycles. The average molecular weight is 260 g/mol. The molecule has 1 fully saturated rings. The standard InChI is InChI=1S/C11H20N2O3S/c1-11(2,3)6-12(4)10(16)13-7-17-5-8(13)9(14)15/h8H,5-7H2,1-4H3,(H,14,15). The summed E-state index contributed by atoms with van der Waals surface area (Å²) in [5.74, 6) is 0.0156. The zero-order valence-corrected chi connectivity index (χ0v) is 11.6. The quantitative estimate of drug-likeness (QED) is 0.818. The van der Waals surface area contributed by atoms with Gasteiger partial charge in [0.05, 0.1) is 5.88 Å². The highest BCUT2D eigenvalue weighted by Crippen LogP contribution is 2.23. The van der Waals surface area contributed by atoms with Crippen LogP contribution in [-0.2, 0) is 4.79 Å². The molecule has 0 aromatic carbocycles. The first-order valence-electron chi connectivity index (χ1n) is 5.54. The largest absolute Gasteiger partial charge is 0.480 e. The third-order valence-corrected chi connectivity index (χ3v) is 3.46. The lowest BCUT2D eigenvalue weighted by molar-refractivity contribution is -0.140. The molecular weight excluding hydrogens is 240 g/mol. The first-order chi connectivity index (χ1) is 7.72. The van der Waals surface area contributed by atoms with Gasteiger partial charge in [-0.1, -0.05) is 20.8 Å². The lowest BCUT2D eigenvalue weighted by Crippen LogP contribution is -2.49. The van der Waals surface area contributed by atoms with Crippen LogP contribution < -0.4 is 0 Å².